The van der Waals surface area contributed by atoms with Crippen molar-refractivity contribution < 1.29 is 26.7 Å². The molecule has 1 aliphatic rings. The van der Waals surface area contributed by atoms with E-state index in [4.69, 9.17) is 0 Å². The summed E-state index contributed by atoms with van der Waals surface area (Å²) in [5.41, 5.74) is -1.58. The van der Waals surface area contributed by atoms with E-state index in [-0.39, 0.29) is 29.3 Å². The first-order valence-corrected chi connectivity index (χ1v) is 7.99. The first-order chi connectivity index (χ1) is 12.2. The van der Waals surface area contributed by atoms with Gasteiger partial charge in [0.25, 0.3) is 12.3 Å². The quantitative estimate of drug-likeness (QED) is 0.774. The number of carbonyl (C=O) groups excluding carboxylic acids is 1. The number of carbonyl (C=O) groups is 1. The fraction of sp³-hybridized carbons (Fsp3) is 0.412. The molecular formula is C17H16F5N3O. The lowest BCUT2D eigenvalue weighted by molar-refractivity contribution is -0.138. The fourth-order valence-corrected chi connectivity index (χ4v) is 2.75. The molecule has 2 N–H and O–H groups in total. The number of nitrogens with zero attached hydrogens (tertiary/aromatic N) is 1. The van der Waals surface area contributed by atoms with E-state index >= 15 is 0 Å². The van der Waals surface area contributed by atoms with E-state index in [1.807, 2.05) is 0 Å². The molecule has 0 atom stereocenters. The molecule has 0 aliphatic heterocycles. The molecule has 3 rings (SSSR count). The summed E-state index contributed by atoms with van der Waals surface area (Å²) >= 11 is 0. The highest BCUT2D eigenvalue weighted by Gasteiger charge is 2.35. The first-order valence-electron chi connectivity index (χ1n) is 7.99. The van der Waals surface area contributed by atoms with Crippen LogP contribution in [0.25, 0.3) is 0 Å². The fourth-order valence-electron chi connectivity index (χ4n) is 2.75. The largest absolute Gasteiger partial charge is 0.416 e. The lowest BCUT2D eigenvalue weighted by Crippen LogP contribution is -2.27. The van der Waals surface area contributed by atoms with Gasteiger partial charge in [-0.25, -0.2) is 8.78 Å². The molecule has 140 valence electrons. The van der Waals surface area contributed by atoms with E-state index in [1.165, 1.54) is 12.1 Å². The molecule has 0 unspecified atom stereocenters. The highest BCUT2D eigenvalue weighted by Crippen LogP contribution is 2.34. The molecule has 1 fully saturated rings. The standard InChI is InChI=1S/C17H16F5N3O/c1-8-2-5-11(17(20,21)22)9(6-8)7-12-13(14(15(18)19)25-24-12)16(26)23-10-3-4-10/h2,5-6,10,15H,3-4,7H2,1H3,(H,23,26)(H,24,25). The maximum Gasteiger partial charge on any atom is 0.416 e. The zero-order chi connectivity index (χ0) is 19.1. The smallest absolute Gasteiger partial charge is 0.349 e. The van der Waals surface area contributed by atoms with Gasteiger partial charge in [0.2, 0.25) is 0 Å². The minimum Gasteiger partial charge on any atom is -0.349 e. The molecule has 1 aromatic heterocycles. The molecular weight excluding hydrogens is 357 g/mol. The van der Waals surface area contributed by atoms with Crippen LogP contribution in [0.3, 0.4) is 0 Å². The molecule has 4 nitrogen and oxygen atoms in total. The van der Waals surface area contributed by atoms with E-state index in [2.05, 4.69) is 15.5 Å². The van der Waals surface area contributed by atoms with Gasteiger partial charge in [0.15, 0.2) is 0 Å². The summed E-state index contributed by atoms with van der Waals surface area (Å²) in [6, 6.07) is 3.51. The van der Waals surface area contributed by atoms with Gasteiger partial charge < -0.3 is 5.32 Å². The number of aromatic amines is 1. The van der Waals surface area contributed by atoms with Crippen molar-refractivity contribution in [1.29, 1.82) is 0 Å². The van der Waals surface area contributed by atoms with Crippen molar-refractivity contribution in [2.45, 2.75) is 44.8 Å². The highest BCUT2D eigenvalue weighted by atomic mass is 19.4. The van der Waals surface area contributed by atoms with Crippen LogP contribution in [0, 0.1) is 6.92 Å². The molecule has 1 aliphatic carbocycles. The minimum atomic E-state index is -4.59. The van der Waals surface area contributed by atoms with Gasteiger partial charge >= 0.3 is 6.18 Å². The van der Waals surface area contributed by atoms with E-state index in [0.717, 1.165) is 18.9 Å². The van der Waals surface area contributed by atoms with Crippen LogP contribution in [-0.4, -0.2) is 22.1 Å². The maximum absolute atomic E-state index is 13.2. The minimum absolute atomic E-state index is 0.0606. The van der Waals surface area contributed by atoms with Gasteiger partial charge in [-0.1, -0.05) is 17.7 Å². The number of benzene rings is 1. The molecule has 26 heavy (non-hydrogen) atoms. The van der Waals surface area contributed by atoms with Gasteiger partial charge in [0.05, 0.1) is 16.8 Å². The first kappa shape index (κ1) is 18.3. The van der Waals surface area contributed by atoms with Gasteiger partial charge in [-0.2, -0.15) is 18.3 Å². The van der Waals surface area contributed by atoms with E-state index in [0.29, 0.717) is 5.56 Å². The van der Waals surface area contributed by atoms with Crippen molar-refractivity contribution in [2.75, 3.05) is 0 Å². The van der Waals surface area contributed by atoms with Crippen LogP contribution in [0.2, 0.25) is 0 Å². The third-order valence-electron chi connectivity index (χ3n) is 4.15. The van der Waals surface area contributed by atoms with Crippen molar-refractivity contribution in [1.82, 2.24) is 15.5 Å². The molecule has 1 aromatic carbocycles. The number of alkyl halides is 5. The van der Waals surface area contributed by atoms with Crippen molar-refractivity contribution in [3.05, 3.63) is 51.8 Å². The second kappa shape index (κ2) is 6.69. The molecule has 2 aromatic rings. The summed E-state index contributed by atoms with van der Waals surface area (Å²) in [6.07, 6.45) is -6.47. The number of nitrogens with one attached hydrogen (secondary N) is 2. The summed E-state index contributed by atoms with van der Waals surface area (Å²) in [5.74, 6) is -0.743. The summed E-state index contributed by atoms with van der Waals surface area (Å²) in [4.78, 5) is 12.3. The Morgan fingerprint density at radius 3 is 2.62 bits per heavy atom. The third-order valence-corrected chi connectivity index (χ3v) is 4.15. The number of H-pyrrole nitrogens is 1. The number of halogens is 5. The Bertz CT molecular complexity index is 824. The number of rotatable bonds is 5. The lowest BCUT2D eigenvalue weighted by atomic mass is 9.97. The summed E-state index contributed by atoms with van der Waals surface area (Å²) in [5, 5.41) is 8.36. The van der Waals surface area contributed by atoms with Crippen LogP contribution in [0.15, 0.2) is 18.2 Å². The average Bonchev–Trinajstić information content (AvgIpc) is 3.22. The average molecular weight is 373 g/mol. The monoisotopic (exact) mass is 373 g/mol. The zero-order valence-corrected chi connectivity index (χ0v) is 13.8. The van der Waals surface area contributed by atoms with E-state index < -0.39 is 29.8 Å². The number of hydrogen-bond donors (Lipinski definition) is 2. The Labute approximate surface area is 145 Å². The Morgan fingerprint density at radius 1 is 1.35 bits per heavy atom. The van der Waals surface area contributed by atoms with Gasteiger partial charge in [-0.05, 0) is 31.4 Å². The SMILES string of the molecule is Cc1ccc(C(F)(F)F)c(Cc2[nH]nc(C(F)F)c2C(=O)NC2CC2)c1. The molecule has 1 saturated carbocycles. The third kappa shape index (κ3) is 3.86. The Hall–Kier alpha value is -2.45. The van der Waals surface area contributed by atoms with Crippen LogP contribution in [-0.2, 0) is 12.6 Å². The Kier molecular flexibility index (Phi) is 4.72. The lowest BCUT2D eigenvalue weighted by Gasteiger charge is -2.14. The van der Waals surface area contributed by atoms with Crippen LogP contribution in [0.1, 0.15) is 57.7 Å². The molecule has 9 heteroatoms. The Balaban J connectivity index is 2.00. The second-order valence-electron chi connectivity index (χ2n) is 6.35. The number of amides is 1. The van der Waals surface area contributed by atoms with Crippen LogP contribution >= 0.6 is 0 Å². The maximum atomic E-state index is 13.2. The van der Waals surface area contributed by atoms with Crippen LogP contribution in [0.4, 0.5) is 22.0 Å². The summed E-state index contributed by atoms with van der Waals surface area (Å²) in [6.45, 7) is 1.63. The predicted molar refractivity (Wildman–Crippen MR) is 83.0 cm³/mol. The van der Waals surface area contributed by atoms with Crippen LogP contribution in [0.5, 0.6) is 0 Å². The van der Waals surface area contributed by atoms with Gasteiger partial charge in [0, 0.05) is 12.5 Å². The van der Waals surface area contributed by atoms with Crippen molar-refractivity contribution in [3.8, 4) is 0 Å². The Morgan fingerprint density at radius 2 is 2.04 bits per heavy atom. The van der Waals surface area contributed by atoms with Crippen molar-refractivity contribution in [3.63, 3.8) is 0 Å². The van der Waals surface area contributed by atoms with Gasteiger partial charge in [-0.3, -0.25) is 9.89 Å². The van der Waals surface area contributed by atoms with Gasteiger partial charge in [0.1, 0.15) is 5.69 Å². The molecule has 0 saturated heterocycles. The normalized spacial score (nSPS) is 14.7. The predicted octanol–water partition coefficient (Wildman–Crippen LogP) is 4.16. The second-order valence-corrected chi connectivity index (χ2v) is 6.35. The summed E-state index contributed by atoms with van der Waals surface area (Å²) in [7, 11) is 0. The summed E-state index contributed by atoms with van der Waals surface area (Å²) < 4.78 is 66.1. The number of hydrogen-bond acceptors (Lipinski definition) is 2. The van der Waals surface area contributed by atoms with E-state index in [9.17, 15) is 26.7 Å². The molecule has 1 amide bonds. The molecule has 0 bridgehead atoms. The molecule has 0 radical (unpaired) electrons. The van der Waals surface area contributed by atoms with Crippen molar-refractivity contribution in [2.24, 2.45) is 0 Å². The number of aromatic nitrogens is 2. The molecule has 1 heterocycles. The van der Waals surface area contributed by atoms with Crippen molar-refractivity contribution >= 4 is 5.91 Å². The highest BCUT2D eigenvalue weighted by molar-refractivity contribution is 5.97. The number of aryl methyl sites for hydroxylation is 1. The topological polar surface area (TPSA) is 57.8 Å². The van der Waals surface area contributed by atoms with Gasteiger partial charge in [-0.15, -0.1) is 0 Å². The van der Waals surface area contributed by atoms with Crippen LogP contribution < -0.4 is 5.32 Å². The zero-order valence-electron chi connectivity index (χ0n) is 13.8. The van der Waals surface area contributed by atoms with E-state index in [1.54, 1.807) is 6.92 Å². The molecule has 0 spiro atoms.